The highest BCUT2D eigenvalue weighted by atomic mass is 35.5. The number of hydrogen-bond acceptors (Lipinski definition) is 7. The quantitative estimate of drug-likeness (QED) is 0.348. The summed E-state index contributed by atoms with van der Waals surface area (Å²) in [5, 5.41) is 16.1. The van der Waals surface area contributed by atoms with E-state index in [1.54, 1.807) is 18.2 Å². The van der Waals surface area contributed by atoms with Crippen molar-refractivity contribution in [2.24, 2.45) is 5.92 Å². The van der Waals surface area contributed by atoms with Crippen LogP contribution >= 0.6 is 23.4 Å². The number of anilines is 1. The standard InChI is InChI=1S/C27H28ClN3O5S/c1-5-16-9-7-8-15(3)24(16)30-21(32)14-37-26-18(13-29)22(23(25(33)31-26)27(34)35-4)17-10-11-20(36-6-2)19(28)12-17/h7-12,22-23H,5-6,14H2,1-4H3,(H,30,32)(H,31,33)/t22-,23-/m0/s1. The smallest absolute Gasteiger partial charge is 0.319 e. The molecular formula is C27H28ClN3O5S. The van der Waals surface area contributed by atoms with Crippen molar-refractivity contribution in [1.29, 1.82) is 5.26 Å². The highest BCUT2D eigenvalue weighted by Gasteiger charge is 2.44. The first-order chi connectivity index (χ1) is 17.7. The molecule has 0 aromatic heterocycles. The number of halogens is 1. The van der Waals surface area contributed by atoms with Crippen LogP contribution in [0.25, 0.3) is 0 Å². The normalized spacial score (nSPS) is 17.0. The van der Waals surface area contributed by atoms with Gasteiger partial charge in [0.1, 0.15) is 11.7 Å². The minimum Gasteiger partial charge on any atom is -0.492 e. The number of allylic oxidation sites excluding steroid dienone is 1. The zero-order valence-electron chi connectivity index (χ0n) is 21.0. The van der Waals surface area contributed by atoms with E-state index in [-0.39, 0.29) is 27.3 Å². The van der Waals surface area contributed by atoms with Crippen LogP contribution in [0, 0.1) is 24.2 Å². The second-order valence-electron chi connectivity index (χ2n) is 8.24. The van der Waals surface area contributed by atoms with Crippen molar-refractivity contribution in [1.82, 2.24) is 5.32 Å². The molecule has 2 amide bonds. The molecule has 0 radical (unpaired) electrons. The predicted molar refractivity (Wildman–Crippen MR) is 143 cm³/mol. The summed E-state index contributed by atoms with van der Waals surface area (Å²) >= 11 is 7.39. The molecule has 2 N–H and O–H groups in total. The molecule has 1 aliphatic heterocycles. The highest BCUT2D eigenvalue weighted by Crippen LogP contribution is 2.42. The number of hydrogen-bond donors (Lipinski definition) is 2. The average Bonchev–Trinajstić information content (AvgIpc) is 2.89. The molecule has 1 aliphatic rings. The first kappa shape index (κ1) is 28.1. The van der Waals surface area contributed by atoms with Crippen molar-refractivity contribution >= 4 is 46.8 Å². The van der Waals surface area contributed by atoms with E-state index in [1.807, 2.05) is 39.0 Å². The molecular weight excluding hydrogens is 514 g/mol. The van der Waals surface area contributed by atoms with E-state index in [0.29, 0.717) is 17.9 Å². The Bertz CT molecular complexity index is 1290. The minimum absolute atomic E-state index is 0.0576. The lowest BCUT2D eigenvalue weighted by Crippen LogP contribution is -2.44. The number of carbonyl (C=O) groups is 3. The fourth-order valence-electron chi connectivity index (χ4n) is 4.18. The summed E-state index contributed by atoms with van der Waals surface area (Å²) in [5.74, 6) is -3.57. The Morgan fingerprint density at radius 2 is 2.00 bits per heavy atom. The molecule has 0 saturated heterocycles. The van der Waals surface area contributed by atoms with E-state index < -0.39 is 23.7 Å². The summed E-state index contributed by atoms with van der Waals surface area (Å²) in [6, 6.07) is 12.8. The molecule has 0 fully saturated rings. The number of amides is 2. The molecule has 2 atom stereocenters. The van der Waals surface area contributed by atoms with Crippen LogP contribution in [0.15, 0.2) is 47.0 Å². The average molecular weight is 542 g/mol. The van der Waals surface area contributed by atoms with Crippen LogP contribution in [-0.4, -0.2) is 37.3 Å². The van der Waals surface area contributed by atoms with Crippen molar-refractivity contribution in [2.75, 3.05) is 24.8 Å². The number of methoxy groups -OCH3 is 1. The van der Waals surface area contributed by atoms with Gasteiger partial charge in [-0.25, -0.2) is 0 Å². The number of para-hydroxylation sites is 1. The molecule has 0 bridgehead atoms. The number of benzene rings is 2. The fraction of sp³-hybridized carbons (Fsp3) is 0.333. The van der Waals surface area contributed by atoms with Crippen LogP contribution < -0.4 is 15.4 Å². The van der Waals surface area contributed by atoms with Gasteiger partial charge in [-0.2, -0.15) is 5.26 Å². The summed E-state index contributed by atoms with van der Waals surface area (Å²) in [6.07, 6.45) is 0.755. The van der Waals surface area contributed by atoms with Crippen LogP contribution in [0.5, 0.6) is 5.75 Å². The maximum atomic E-state index is 13.0. The first-order valence-electron chi connectivity index (χ1n) is 11.7. The Labute approximate surface area is 225 Å². The minimum atomic E-state index is -1.30. The molecule has 0 aliphatic carbocycles. The molecule has 0 spiro atoms. The molecule has 2 aromatic rings. The zero-order valence-corrected chi connectivity index (χ0v) is 22.6. The topological polar surface area (TPSA) is 118 Å². The van der Waals surface area contributed by atoms with Gasteiger partial charge in [-0.3, -0.25) is 14.4 Å². The lowest BCUT2D eigenvalue weighted by Gasteiger charge is -2.31. The van der Waals surface area contributed by atoms with Crippen LogP contribution in [-0.2, 0) is 25.5 Å². The van der Waals surface area contributed by atoms with E-state index in [2.05, 4.69) is 16.7 Å². The zero-order chi connectivity index (χ0) is 27.1. The number of esters is 1. The summed E-state index contributed by atoms with van der Waals surface area (Å²) in [4.78, 5) is 38.5. The van der Waals surface area contributed by atoms with Gasteiger partial charge >= 0.3 is 5.97 Å². The number of ether oxygens (including phenoxy) is 2. The second kappa shape index (κ2) is 12.7. The maximum absolute atomic E-state index is 13.0. The van der Waals surface area contributed by atoms with E-state index in [4.69, 9.17) is 21.1 Å². The van der Waals surface area contributed by atoms with Gasteiger partial charge in [0.2, 0.25) is 11.8 Å². The van der Waals surface area contributed by atoms with Gasteiger partial charge in [0, 0.05) is 11.6 Å². The van der Waals surface area contributed by atoms with Crippen LogP contribution in [0.4, 0.5) is 5.69 Å². The summed E-state index contributed by atoms with van der Waals surface area (Å²) in [7, 11) is 1.18. The molecule has 8 nitrogen and oxygen atoms in total. The number of nitrogens with one attached hydrogen (secondary N) is 2. The number of aryl methyl sites for hydroxylation is 2. The van der Waals surface area contributed by atoms with Crippen LogP contribution in [0.2, 0.25) is 5.02 Å². The predicted octanol–water partition coefficient (Wildman–Crippen LogP) is 4.72. The number of thioether (sulfide) groups is 1. The summed E-state index contributed by atoms with van der Waals surface area (Å²) in [6.45, 7) is 6.15. The molecule has 37 heavy (non-hydrogen) atoms. The monoisotopic (exact) mass is 541 g/mol. The summed E-state index contributed by atoms with van der Waals surface area (Å²) in [5.41, 5.74) is 3.32. The third kappa shape index (κ3) is 6.27. The van der Waals surface area contributed by atoms with Gasteiger partial charge < -0.3 is 20.1 Å². The third-order valence-electron chi connectivity index (χ3n) is 5.95. The van der Waals surface area contributed by atoms with Crippen molar-refractivity contribution in [3.05, 3.63) is 68.7 Å². The van der Waals surface area contributed by atoms with Crippen molar-refractivity contribution in [3.8, 4) is 11.8 Å². The Morgan fingerprint density at radius 1 is 1.24 bits per heavy atom. The second-order valence-corrected chi connectivity index (χ2v) is 9.64. The van der Waals surface area contributed by atoms with Gasteiger partial charge in [-0.15, -0.1) is 0 Å². The largest absolute Gasteiger partial charge is 0.492 e. The Morgan fingerprint density at radius 3 is 2.62 bits per heavy atom. The Balaban J connectivity index is 1.94. The fourth-order valence-corrected chi connectivity index (χ4v) is 5.27. The number of rotatable bonds is 9. The Kier molecular flexibility index (Phi) is 9.61. The molecule has 194 valence electrons. The van der Waals surface area contributed by atoms with E-state index in [0.717, 1.165) is 35.0 Å². The molecule has 0 saturated carbocycles. The SMILES string of the molecule is CCOc1ccc([C@H]2C(C#N)=C(SCC(=O)Nc3c(C)cccc3CC)NC(=O)[C@H]2C(=O)OC)cc1Cl. The van der Waals surface area contributed by atoms with Crippen LogP contribution in [0.3, 0.4) is 0 Å². The van der Waals surface area contributed by atoms with Crippen molar-refractivity contribution < 1.29 is 23.9 Å². The van der Waals surface area contributed by atoms with Crippen molar-refractivity contribution in [3.63, 3.8) is 0 Å². The van der Waals surface area contributed by atoms with E-state index >= 15 is 0 Å². The van der Waals surface area contributed by atoms with Crippen molar-refractivity contribution in [2.45, 2.75) is 33.1 Å². The third-order valence-corrected chi connectivity index (χ3v) is 7.26. The van der Waals surface area contributed by atoms with Crippen LogP contribution in [0.1, 0.15) is 36.5 Å². The first-order valence-corrected chi connectivity index (χ1v) is 13.1. The van der Waals surface area contributed by atoms with E-state index in [1.165, 1.54) is 7.11 Å². The number of nitriles is 1. The molecule has 2 aromatic carbocycles. The maximum Gasteiger partial charge on any atom is 0.319 e. The van der Waals surface area contributed by atoms with Gasteiger partial charge in [0.25, 0.3) is 0 Å². The Hall–Kier alpha value is -3.48. The molecule has 1 heterocycles. The summed E-state index contributed by atoms with van der Waals surface area (Å²) < 4.78 is 10.3. The lowest BCUT2D eigenvalue weighted by molar-refractivity contribution is -0.150. The number of nitrogens with zero attached hydrogens (tertiary/aromatic N) is 1. The highest BCUT2D eigenvalue weighted by molar-refractivity contribution is 8.03. The molecule has 0 unspecified atom stereocenters. The van der Waals surface area contributed by atoms with Gasteiger partial charge in [-0.05, 0) is 49.1 Å². The van der Waals surface area contributed by atoms with Gasteiger partial charge in [-0.1, -0.05) is 54.6 Å². The molecule has 3 rings (SSSR count). The van der Waals surface area contributed by atoms with E-state index in [9.17, 15) is 19.6 Å². The lowest BCUT2D eigenvalue weighted by atomic mass is 9.78. The van der Waals surface area contributed by atoms with Gasteiger partial charge in [0.05, 0.1) is 41.2 Å². The van der Waals surface area contributed by atoms with Gasteiger partial charge in [0.15, 0.2) is 0 Å². The number of carbonyl (C=O) groups excluding carboxylic acids is 3. The molecule has 10 heteroatoms.